The summed E-state index contributed by atoms with van der Waals surface area (Å²) in [5, 5.41) is 45.3. The number of ether oxygens (including phenoxy) is 2. The third kappa shape index (κ3) is 44.6. The summed E-state index contributed by atoms with van der Waals surface area (Å²) in [5.41, 5.74) is 0. The molecule has 7 unspecified atom stereocenters. The summed E-state index contributed by atoms with van der Waals surface area (Å²) < 4.78 is 48.1. The summed E-state index contributed by atoms with van der Waals surface area (Å²) in [7, 11) is -5.08. The second kappa shape index (κ2) is 53.2. The Labute approximate surface area is 468 Å². The van der Waals surface area contributed by atoms with Crippen LogP contribution in [0.3, 0.4) is 0 Å². The van der Waals surface area contributed by atoms with Crippen LogP contribution >= 0.6 is 0 Å². The maximum atomic E-state index is 13.2. The Hall–Kier alpha value is -1.16. The first-order valence-corrected chi connectivity index (χ1v) is 33.9. The van der Waals surface area contributed by atoms with Crippen molar-refractivity contribution in [2.45, 2.75) is 371 Å². The zero-order chi connectivity index (χ0) is 55.4. The van der Waals surface area contributed by atoms with Crippen molar-refractivity contribution in [3.05, 3.63) is 12.2 Å². The first kappa shape index (κ1) is 72.9. The molecule has 1 heterocycles. The van der Waals surface area contributed by atoms with E-state index in [4.69, 9.17) is 9.47 Å². The van der Waals surface area contributed by atoms with Crippen LogP contribution in [0.5, 0.6) is 0 Å². The second-order valence-electron chi connectivity index (χ2n) is 23.1. The summed E-state index contributed by atoms with van der Waals surface area (Å²) in [6.45, 7) is 3.51. The minimum absolute atomic E-state index is 0.226. The summed E-state index contributed by atoms with van der Waals surface area (Å²) in [4.78, 5) is 13.2. The fraction of sp³-hybridized carbons (Fsp3) is 0.952. The molecule has 0 aromatic rings. The molecule has 1 rings (SSSR count). The van der Waals surface area contributed by atoms with Crippen LogP contribution in [0.25, 0.3) is 0 Å². The molecule has 1 fully saturated rings. The van der Waals surface area contributed by atoms with E-state index in [9.17, 15) is 38.2 Å². The van der Waals surface area contributed by atoms with Crippen molar-refractivity contribution in [2.24, 2.45) is 0 Å². The van der Waals surface area contributed by atoms with E-state index >= 15 is 0 Å². The van der Waals surface area contributed by atoms with Gasteiger partial charge in [-0.3, -0.25) is 9.35 Å². The van der Waals surface area contributed by atoms with Gasteiger partial charge in [0.1, 0.15) is 24.4 Å². The van der Waals surface area contributed by atoms with Crippen LogP contribution in [-0.2, 0) is 28.9 Å². The van der Waals surface area contributed by atoms with Crippen molar-refractivity contribution in [2.75, 3.05) is 13.2 Å². The van der Waals surface area contributed by atoms with Crippen molar-refractivity contribution in [3.63, 3.8) is 0 Å². The van der Waals surface area contributed by atoms with Gasteiger partial charge < -0.3 is 35.2 Å². The molecular formula is C63H123NO11S. The minimum Gasteiger partial charge on any atom is -0.394 e. The van der Waals surface area contributed by atoms with E-state index in [2.05, 4.69) is 35.5 Å². The standard InChI is InChI=1S/C63H123NO11S/c1-3-5-7-9-11-13-15-17-19-21-23-25-27-29-30-32-34-36-38-40-42-44-46-48-50-52-57(66)56(55-73-63-61(69)62(75-76(70,71)72)60(68)58(54-65)74-63)64-59(67)53-51-49-47-45-43-41-39-37-35-33-31-28-26-24-22-20-18-16-14-12-10-8-6-4-2/h31,33,56-58,60-63,65-66,68-69H,3-30,32,34-55H2,1-2H3,(H,64,67)(H,70,71,72)/b33-31-. The molecule has 0 aliphatic carbocycles. The predicted octanol–water partition coefficient (Wildman–Crippen LogP) is 16.2. The summed E-state index contributed by atoms with van der Waals surface area (Å²) in [5.74, 6) is -0.226. The van der Waals surface area contributed by atoms with Gasteiger partial charge >= 0.3 is 10.4 Å². The highest BCUT2D eigenvalue weighted by molar-refractivity contribution is 7.80. The number of aliphatic hydroxyl groups is 4. The molecule has 0 saturated carbocycles. The van der Waals surface area contributed by atoms with Crippen molar-refractivity contribution < 1.29 is 51.8 Å². The first-order chi connectivity index (χ1) is 37.0. The maximum Gasteiger partial charge on any atom is 0.397 e. The average molecular weight is 1100 g/mol. The molecule has 1 aliphatic rings. The lowest BCUT2D eigenvalue weighted by atomic mass is 9.99. The molecule has 1 aliphatic heterocycles. The molecule has 7 atom stereocenters. The molecule has 6 N–H and O–H groups in total. The van der Waals surface area contributed by atoms with Crippen molar-refractivity contribution in [1.82, 2.24) is 5.32 Å². The lowest BCUT2D eigenvalue weighted by Gasteiger charge is -2.41. The fourth-order valence-electron chi connectivity index (χ4n) is 10.8. The van der Waals surface area contributed by atoms with Gasteiger partial charge in [0, 0.05) is 6.42 Å². The van der Waals surface area contributed by atoms with Gasteiger partial charge in [-0.1, -0.05) is 296 Å². The number of rotatable bonds is 58. The Morgan fingerprint density at radius 1 is 0.513 bits per heavy atom. The van der Waals surface area contributed by atoms with Gasteiger partial charge in [-0.05, 0) is 38.5 Å². The normalized spacial score (nSPS) is 19.0. The third-order valence-corrected chi connectivity index (χ3v) is 16.3. The summed E-state index contributed by atoms with van der Waals surface area (Å²) in [6, 6.07) is -0.859. The minimum atomic E-state index is -5.08. The third-order valence-electron chi connectivity index (χ3n) is 15.8. The van der Waals surface area contributed by atoms with E-state index < -0.39 is 59.9 Å². The number of unbranched alkanes of at least 4 members (excludes halogenated alkanes) is 44. The Bertz CT molecular complexity index is 1390. The van der Waals surface area contributed by atoms with Gasteiger partial charge in [0.15, 0.2) is 6.29 Å². The molecule has 0 aromatic carbocycles. The SMILES string of the molecule is CCCCCCCCCCCCCC/C=C\CCCCCCCCCCC(=O)NC(COC1OC(CO)C(O)C(OS(=O)(=O)O)C1O)C(O)CCCCCCCCCCCCCCCCCCCCCCCCCCC. The number of carbonyl (C=O) groups is 1. The van der Waals surface area contributed by atoms with E-state index in [-0.39, 0.29) is 12.5 Å². The molecule has 0 spiro atoms. The molecular weight excluding hydrogens is 979 g/mol. The molecule has 0 radical (unpaired) electrons. The number of nitrogens with one attached hydrogen (secondary N) is 1. The Kier molecular flexibility index (Phi) is 51.0. The van der Waals surface area contributed by atoms with Crippen LogP contribution in [0.15, 0.2) is 12.2 Å². The molecule has 1 amide bonds. The smallest absolute Gasteiger partial charge is 0.394 e. The average Bonchev–Trinajstić information content (AvgIpc) is 3.40. The van der Waals surface area contributed by atoms with Crippen LogP contribution in [0.4, 0.5) is 0 Å². The van der Waals surface area contributed by atoms with Crippen LogP contribution in [0.2, 0.25) is 0 Å². The highest BCUT2D eigenvalue weighted by atomic mass is 32.3. The fourth-order valence-corrected chi connectivity index (χ4v) is 11.3. The number of aliphatic hydroxyl groups excluding tert-OH is 4. The topological polar surface area (TPSA) is 192 Å². The quantitative estimate of drug-likeness (QED) is 0.0193. The number of allylic oxidation sites excluding steroid dienone is 2. The first-order valence-electron chi connectivity index (χ1n) is 32.6. The molecule has 12 nitrogen and oxygen atoms in total. The van der Waals surface area contributed by atoms with Crippen molar-refractivity contribution in [1.29, 1.82) is 0 Å². The molecule has 0 bridgehead atoms. The van der Waals surface area contributed by atoms with Crippen LogP contribution in [0, 0.1) is 0 Å². The molecule has 13 heteroatoms. The van der Waals surface area contributed by atoms with Gasteiger partial charge in [0.05, 0.1) is 25.4 Å². The van der Waals surface area contributed by atoms with Crippen LogP contribution in [-0.4, -0.2) is 95.4 Å². The van der Waals surface area contributed by atoms with Crippen molar-refractivity contribution in [3.8, 4) is 0 Å². The van der Waals surface area contributed by atoms with Gasteiger partial charge in [-0.2, -0.15) is 8.42 Å². The van der Waals surface area contributed by atoms with Gasteiger partial charge in [-0.25, -0.2) is 4.18 Å². The highest BCUT2D eigenvalue weighted by Crippen LogP contribution is 2.26. The van der Waals surface area contributed by atoms with E-state index in [0.717, 1.165) is 51.4 Å². The van der Waals surface area contributed by atoms with Gasteiger partial charge in [-0.15, -0.1) is 0 Å². The largest absolute Gasteiger partial charge is 0.397 e. The molecule has 76 heavy (non-hydrogen) atoms. The second-order valence-corrected chi connectivity index (χ2v) is 24.1. The lowest BCUT2D eigenvalue weighted by Crippen LogP contribution is -2.61. The van der Waals surface area contributed by atoms with E-state index in [1.807, 2.05) is 0 Å². The lowest BCUT2D eigenvalue weighted by molar-refractivity contribution is -0.298. The zero-order valence-electron chi connectivity index (χ0n) is 49.4. The van der Waals surface area contributed by atoms with Crippen LogP contribution in [0.1, 0.15) is 328 Å². The van der Waals surface area contributed by atoms with E-state index in [1.165, 1.54) is 244 Å². The molecule has 1 saturated heterocycles. The highest BCUT2D eigenvalue weighted by Gasteiger charge is 2.48. The zero-order valence-corrected chi connectivity index (χ0v) is 50.2. The summed E-state index contributed by atoms with van der Waals surface area (Å²) in [6.07, 6.45) is 56.6. The Balaban J connectivity index is 2.29. The molecule has 0 aromatic heterocycles. The van der Waals surface area contributed by atoms with Gasteiger partial charge in [0.25, 0.3) is 0 Å². The molecule has 452 valence electrons. The number of carbonyl (C=O) groups excluding carboxylic acids is 1. The van der Waals surface area contributed by atoms with Crippen molar-refractivity contribution >= 4 is 16.3 Å². The number of hydrogen-bond donors (Lipinski definition) is 6. The Morgan fingerprint density at radius 2 is 0.842 bits per heavy atom. The summed E-state index contributed by atoms with van der Waals surface area (Å²) >= 11 is 0. The number of amides is 1. The number of hydrogen-bond acceptors (Lipinski definition) is 10. The Morgan fingerprint density at radius 3 is 1.18 bits per heavy atom. The van der Waals surface area contributed by atoms with Gasteiger partial charge in [0.2, 0.25) is 5.91 Å². The van der Waals surface area contributed by atoms with E-state index in [1.54, 1.807) is 0 Å². The predicted molar refractivity (Wildman–Crippen MR) is 315 cm³/mol. The monoisotopic (exact) mass is 1100 g/mol. The van der Waals surface area contributed by atoms with Crippen LogP contribution < -0.4 is 5.32 Å². The van der Waals surface area contributed by atoms with E-state index in [0.29, 0.717) is 19.3 Å². The maximum absolute atomic E-state index is 13.2.